The van der Waals surface area contributed by atoms with E-state index in [4.69, 9.17) is 11.6 Å². The second kappa shape index (κ2) is 7.32. The van der Waals surface area contributed by atoms with E-state index in [-0.39, 0.29) is 10.4 Å². The van der Waals surface area contributed by atoms with Crippen molar-refractivity contribution in [1.29, 1.82) is 0 Å². The molecule has 0 fully saturated rings. The Morgan fingerprint density at radius 2 is 1.67 bits per heavy atom. The van der Waals surface area contributed by atoms with Crippen molar-refractivity contribution < 1.29 is 4.39 Å². The van der Waals surface area contributed by atoms with E-state index in [0.29, 0.717) is 5.69 Å². The molecule has 1 heterocycles. The maximum Gasteiger partial charge on any atom is 0.141 e. The van der Waals surface area contributed by atoms with Crippen molar-refractivity contribution in [3.8, 4) is 5.69 Å². The predicted octanol–water partition coefficient (Wildman–Crippen LogP) is 6.93. The van der Waals surface area contributed by atoms with Crippen LogP contribution in [0.15, 0.2) is 53.5 Å². The number of aliphatic imine (C=N–C) groups is 1. The number of aromatic nitrogens is 1. The van der Waals surface area contributed by atoms with Gasteiger partial charge in [0.15, 0.2) is 0 Å². The summed E-state index contributed by atoms with van der Waals surface area (Å²) in [7, 11) is 0. The minimum Gasteiger partial charge on any atom is -0.318 e. The van der Waals surface area contributed by atoms with Crippen molar-refractivity contribution in [2.75, 3.05) is 0 Å². The quantitative estimate of drug-likeness (QED) is 0.437. The number of hydrogen-bond donors (Lipinski definition) is 0. The average Bonchev–Trinajstić information content (AvgIpc) is 2.89. The van der Waals surface area contributed by atoms with Gasteiger partial charge in [-0.3, -0.25) is 4.99 Å². The molecule has 0 N–H and O–H groups in total. The van der Waals surface area contributed by atoms with E-state index in [1.807, 2.05) is 0 Å². The Morgan fingerprint density at radius 1 is 1.00 bits per heavy atom. The molecule has 0 unspecified atom stereocenters. The zero-order chi connectivity index (χ0) is 19.8. The van der Waals surface area contributed by atoms with Gasteiger partial charge < -0.3 is 4.57 Å². The number of benzene rings is 2. The molecule has 2 nitrogen and oxygen atoms in total. The first-order chi connectivity index (χ1) is 12.7. The Morgan fingerprint density at radius 3 is 2.26 bits per heavy atom. The lowest BCUT2D eigenvalue weighted by Gasteiger charge is -2.20. The lowest BCUT2D eigenvalue weighted by atomic mass is 9.87. The standard InChI is InChI=1S/C23H24ClFN2/c1-15-12-17(14-26-19-8-11-22(25)21(24)13-19)16(2)27(15)20-9-6-18(7-10-20)23(3,4)5/h6-14H,1-5H3. The molecule has 0 saturated heterocycles. The summed E-state index contributed by atoms with van der Waals surface area (Å²) in [6.45, 7) is 10.8. The lowest BCUT2D eigenvalue weighted by molar-refractivity contribution is 0.590. The van der Waals surface area contributed by atoms with E-state index in [0.717, 1.165) is 22.6 Å². The SMILES string of the molecule is Cc1cc(C=Nc2ccc(F)c(Cl)c2)c(C)n1-c1ccc(C(C)(C)C)cc1. The zero-order valence-electron chi connectivity index (χ0n) is 16.3. The predicted molar refractivity (Wildman–Crippen MR) is 113 cm³/mol. The van der Waals surface area contributed by atoms with Crippen LogP contribution in [0.2, 0.25) is 5.02 Å². The molecular weight excluding hydrogens is 359 g/mol. The van der Waals surface area contributed by atoms with Crippen LogP contribution in [0, 0.1) is 19.7 Å². The Bertz CT molecular complexity index is 992. The van der Waals surface area contributed by atoms with Gasteiger partial charge in [-0.25, -0.2) is 4.39 Å². The van der Waals surface area contributed by atoms with E-state index in [1.54, 1.807) is 12.3 Å². The molecule has 0 bridgehead atoms. The van der Waals surface area contributed by atoms with Crippen LogP contribution in [0.25, 0.3) is 5.69 Å². The first-order valence-electron chi connectivity index (χ1n) is 8.96. The van der Waals surface area contributed by atoms with Crippen LogP contribution < -0.4 is 0 Å². The number of nitrogens with zero attached hydrogens (tertiary/aromatic N) is 2. The van der Waals surface area contributed by atoms with Gasteiger partial charge in [0.2, 0.25) is 0 Å². The van der Waals surface area contributed by atoms with Crippen LogP contribution in [0.1, 0.15) is 43.3 Å². The minimum absolute atomic E-state index is 0.0778. The topological polar surface area (TPSA) is 17.3 Å². The molecule has 3 rings (SSSR count). The molecule has 0 aliphatic heterocycles. The molecule has 140 valence electrons. The molecule has 0 spiro atoms. The molecule has 0 aliphatic rings. The maximum absolute atomic E-state index is 13.3. The molecule has 2 aromatic carbocycles. The van der Waals surface area contributed by atoms with E-state index in [2.05, 4.69) is 74.5 Å². The van der Waals surface area contributed by atoms with Gasteiger partial charge in [-0.05, 0) is 61.2 Å². The summed E-state index contributed by atoms with van der Waals surface area (Å²) in [4.78, 5) is 4.44. The summed E-state index contributed by atoms with van der Waals surface area (Å²) >= 11 is 5.83. The van der Waals surface area contributed by atoms with E-state index in [9.17, 15) is 4.39 Å². The fourth-order valence-electron chi connectivity index (χ4n) is 3.14. The molecule has 0 atom stereocenters. The van der Waals surface area contributed by atoms with Crippen LogP contribution in [0.5, 0.6) is 0 Å². The van der Waals surface area contributed by atoms with Crippen molar-refractivity contribution in [3.63, 3.8) is 0 Å². The minimum atomic E-state index is -0.438. The summed E-state index contributed by atoms with van der Waals surface area (Å²) in [6.07, 6.45) is 1.80. The number of halogens is 2. The van der Waals surface area contributed by atoms with Crippen molar-refractivity contribution in [3.05, 3.63) is 81.9 Å². The van der Waals surface area contributed by atoms with Crippen LogP contribution in [0.4, 0.5) is 10.1 Å². The Kier molecular flexibility index (Phi) is 5.25. The van der Waals surface area contributed by atoms with Gasteiger partial charge in [-0.1, -0.05) is 44.5 Å². The third kappa shape index (κ3) is 4.14. The highest BCUT2D eigenvalue weighted by Gasteiger charge is 2.14. The molecule has 0 amide bonds. The van der Waals surface area contributed by atoms with Gasteiger partial charge in [0.05, 0.1) is 10.7 Å². The number of hydrogen-bond acceptors (Lipinski definition) is 1. The summed E-state index contributed by atoms with van der Waals surface area (Å²) < 4.78 is 15.5. The average molecular weight is 383 g/mol. The highest BCUT2D eigenvalue weighted by Crippen LogP contribution is 2.26. The fourth-order valence-corrected chi connectivity index (χ4v) is 3.31. The van der Waals surface area contributed by atoms with Crippen molar-refractivity contribution in [2.45, 2.75) is 40.0 Å². The number of rotatable bonds is 3. The molecule has 3 aromatic rings. The summed E-state index contributed by atoms with van der Waals surface area (Å²) in [5.74, 6) is -0.438. The van der Waals surface area contributed by atoms with Gasteiger partial charge in [0.25, 0.3) is 0 Å². The summed E-state index contributed by atoms with van der Waals surface area (Å²) in [6, 6.07) is 15.2. The second-order valence-corrected chi connectivity index (χ2v) is 8.22. The second-order valence-electron chi connectivity index (χ2n) is 7.82. The van der Waals surface area contributed by atoms with Gasteiger partial charge in [0.1, 0.15) is 5.82 Å². The molecule has 1 aromatic heterocycles. The normalized spacial score (nSPS) is 12.1. The molecule has 0 radical (unpaired) electrons. The van der Waals surface area contributed by atoms with Crippen LogP contribution in [0.3, 0.4) is 0 Å². The van der Waals surface area contributed by atoms with Gasteiger partial charge >= 0.3 is 0 Å². The highest BCUT2D eigenvalue weighted by molar-refractivity contribution is 6.31. The smallest absolute Gasteiger partial charge is 0.141 e. The summed E-state index contributed by atoms with van der Waals surface area (Å²) in [5.41, 5.74) is 6.45. The molecular formula is C23H24ClFN2. The van der Waals surface area contributed by atoms with E-state index >= 15 is 0 Å². The Hall–Kier alpha value is -2.39. The number of aryl methyl sites for hydroxylation is 1. The third-order valence-corrected chi connectivity index (χ3v) is 5.01. The molecule has 0 saturated carbocycles. The van der Waals surface area contributed by atoms with E-state index in [1.165, 1.54) is 17.7 Å². The van der Waals surface area contributed by atoms with Gasteiger partial charge in [-0.2, -0.15) is 0 Å². The van der Waals surface area contributed by atoms with Crippen molar-refractivity contribution >= 4 is 23.5 Å². The monoisotopic (exact) mass is 382 g/mol. The highest BCUT2D eigenvalue weighted by atomic mass is 35.5. The van der Waals surface area contributed by atoms with Crippen LogP contribution in [-0.2, 0) is 5.41 Å². The molecule has 4 heteroatoms. The third-order valence-electron chi connectivity index (χ3n) is 4.72. The Balaban J connectivity index is 1.92. The van der Waals surface area contributed by atoms with E-state index < -0.39 is 5.82 Å². The van der Waals surface area contributed by atoms with Crippen LogP contribution in [-0.4, -0.2) is 10.8 Å². The van der Waals surface area contributed by atoms with Crippen LogP contribution >= 0.6 is 11.6 Å². The van der Waals surface area contributed by atoms with Crippen molar-refractivity contribution in [1.82, 2.24) is 4.57 Å². The lowest BCUT2D eigenvalue weighted by Crippen LogP contribution is -2.11. The zero-order valence-corrected chi connectivity index (χ0v) is 17.1. The first kappa shape index (κ1) is 19.4. The molecule has 0 aliphatic carbocycles. The van der Waals surface area contributed by atoms with Gasteiger partial charge in [-0.15, -0.1) is 0 Å². The Labute approximate surface area is 165 Å². The largest absolute Gasteiger partial charge is 0.318 e. The van der Waals surface area contributed by atoms with Gasteiger partial charge in [0, 0.05) is 28.9 Å². The molecule has 27 heavy (non-hydrogen) atoms. The van der Waals surface area contributed by atoms with Crippen molar-refractivity contribution in [2.24, 2.45) is 4.99 Å². The maximum atomic E-state index is 13.3. The first-order valence-corrected chi connectivity index (χ1v) is 9.33. The fraction of sp³-hybridized carbons (Fsp3) is 0.261. The summed E-state index contributed by atoms with van der Waals surface area (Å²) in [5, 5.41) is 0.0778.